The van der Waals surface area contributed by atoms with Crippen molar-refractivity contribution in [1.29, 1.82) is 0 Å². The normalized spacial score (nSPS) is 24.1. The molecule has 0 spiro atoms. The third-order valence-corrected chi connectivity index (χ3v) is 5.89. The molecule has 2 heterocycles. The highest BCUT2D eigenvalue weighted by Crippen LogP contribution is 2.33. The predicted octanol–water partition coefficient (Wildman–Crippen LogP) is 3.77. The van der Waals surface area contributed by atoms with E-state index in [9.17, 15) is 9.59 Å². The number of rotatable bonds is 3. The number of piperidine rings is 1. The molecule has 1 aromatic rings. The predicted molar refractivity (Wildman–Crippen MR) is 93.9 cm³/mol. The van der Waals surface area contributed by atoms with E-state index in [4.69, 9.17) is 0 Å². The molecule has 1 saturated heterocycles. The van der Waals surface area contributed by atoms with Gasteiger partial charge in [-0.1, -0.05) is 20.3 Å². The summed E-state index contributed by atoms with van der Waals surface area (Å²) in [6.07, 6.45) is 4.43. The Morgan fingerprint density at radius 3 is 3.04 bits per heavy atom. The molecule has 23 heavy (non-hydrogen) atoms. The van der Waals surface area contributed by atoms with Gasteiger partial charge in [-0.15, -0.1) is 11.8 Å². The van der Waals surface area contributed by atoms with Gasteiger partial charge < -0.3 is 10.2 Å². The molecule has 1 N–H and O–H groups in total. The van der Waals surface area contributed by atoms with Crippen LogP contribution in [0.2, 0.25) is 0 Å². The van der Waals surface area contributed by atoms with Gasteiger partial charge in [0.2, 0.25) is 5.91 Å². The topological polar surface area (TPSA) is 49.4 Å². The fraction of sp³-hybridized carbons (Fsp3) is 0.556. The minimum Gasteiger partial charge on any atom is -0.335 e. The van der Waals surface area contributed by atoms with Gasteiger partial charge in [-0.2, -0.15) is 0 Å². The molecule has 1 fully saturated rings. The highest BCUT2D eigenvalue weighted by Gasteiger charge is 2.32. The summed E-state index contributed by atoms with van der Waals surface area (Å²) in [5, 5.41) is 2.87. The lowest BCUT2D eigenvalue weighted by molar-refractivity contribution is -0.113. The van der Waals surface area contributed by atoms with Crippen molar-refractivity contribution in [2.75, 3.05) is 17.6 Å². The fourth-order valence-electron chi connectivity index (χ4n) is 3.62. The molecule has 2 aliphatic rings. The van der Waals surface area contributed by atoms with Gasteiger partial charge in [-0.25, -0.2) is 0 Å². The summed E-state index contributed by atoms with van der Waals surface area (Å²) in [4.78, 5) is 27.7. The van der Waals surface area contributed by atoms with Crippen LogP contribution in [0.15, 0.2) is 23.1 Å². The van der Waals surface area contributed by atoms with E-state index in [1.165, 1.54) is 18.2 Å². The Morgan fingerprint density at radius 1 is 1.43 bits per heavy atom. The van der Waals surface area contributed by atoms with Crippen LogP contribution in [-0.2, 0) is 4.79 Å². The lowest BCUT2D eigenvalue weighted by Gasteiger charge is -2.40. The molecular formula is C18H24N2O2S. The van der Waals surface area contributed by atoms with E-state index in [0.29, 0.717) is 23.3 Å². The maximum atomic E-state index is 13.0. The third-order valence-electron chi connectivity index (χ3n) is 4.82. The van der Waals surface area contributed by atoms with E-state index in [2.05, 4.69) is 24.1 Å². The van der Waals surface area contributed by atoms with Crippen molar-refractivity contribution in [2.45, 2.75) is 50.5 Å². The average Bonchev–Trinajstić information content (AvgIpc) is 2.55. The second-order valence-corrected chi connectivity index (χ2v) is 7.54. The minimum atomic E-state index is 0.00236. The maximum absolute atomic E-state index is 13.0. The Hall–Kier alpha value is -1.49. The molecule has 4 nitrogen and oxygen atoms in total. The smallest absolute Gasteiger partial charge is 0.254 e. The van der Waals surface area contributed by atoms with E-state index in [0.717, 1.165) is 36.4 Å². The summed E-state index contributed by atoms with van der Waals surface area (Å²) in [5.74, 6) is 1.10. The van der Waals surface area contributed by atoms with Crippen LogP contribution < -0.4 is 5.32 Å². The minimum absolute atomic E-state index is 0.00236. The first-order valence-electron chi connectivity index (χ1n) is 8.47. The van der Waals surface area contributed by atoms with Gasteiger partial charge in [0.15, 0.2) is 0 Å². The number of fused-ring (bicyclic) bond motifs is 1. The third kappa shape index (κ3) is 3.39. The van der Waals surface area contributed by atoms with Crippen LogP contribution in [-0.4, -0.2) is 35.1 Å². The molecule has 0 saturated carbocycles. The lowest BCUT2D eigenvalue weighted by atomic mass is 9.87. The standard InChI is InChI=1S/C18H24N2O2S/c1-3-5-15-12(2)6-4-9-20(15)18(22)13-7-8-16-14(10-13)19-17(21)11-23-16/h7-8,10,12,15H,3-6,9,11H2,1-2H3,(H,19,21)/t12-,15+/m0/s1. The fourth-order valence-corrected chi connectivity index (χ4v) is 4.41. The van der Waals surface area contributed by atoms with E-state index in [-0.39, 0.29) is 11.8 Å². The maximum Gasteiger partial charge on any atom is 0.254 e. The zero-order chi connectivity index (χ0) is 16.4. The molecule has 0 radical (unpaired) electrons. The molecule has 0 aliphatic carbocycles. The summed E-state index contributed by atoms with van der Waals surface area (Å²) in [6.45, 7) is 5.27. The first-order chi connectivity index (χ1) is 11.1. The number of benzene rings is 1. The largest absolute Gasteiger partial charge is 0.335 e. The second kappa shape index (κ2) is 6.95. The number of carbonyl (C=O) groups excluding carboxylic acids is 2. The van der Waals surface area contributed by atoms with Crippen LogP contribution in [0.25, 0.3) is 0 Å². The molecule has 0 bridgehead atoms. The van der Waals surface area contributed by atoms with Crippen molar-refractivity contribution in [1.82, 2.24) is 4.90 Å². The number of hydrogen-bond donors (Lipinski definition) is 1. The number of amides is 2. The second-order valence-electron chi connectivity index (χ2n) is 6.52. The monoisotopic (exact) mass is 332 g/mol. The van der Waals surface area contributed by atoms with Crippen LogP contribution in [0.1, 0.15) is 49.9 Å². The Labute approximate surface area is 142 Å². The summed E-state index contributed by atoms with van der Waals surface area (Å²) >= 11 is 1.52. The number of nitrogens with one attached hydrogen (secondary N) is 1. The van der Waals surface area contributed by atoms with Crippen molar-refractivity contribution in [3.63, 3.8) is 0 Å². The van der Waals surface area contributed by atoms with Crippen LogP contribution in [0, 0.1) is 5.92 Å². The van der Waals surface area contributed by atoms with Crippen molar-refractivity contribution >= 4 is 29.3 Å². The Kier molecular flexibility index (Phi) is 4.95. The molecule has 3 rings (SSSR count). The number of likely N-dealkylation sites (tertiary alicyclic amines) is 1. The Balaban J connectivity index is 1.84. The first kappa shape index (κ1) is 16.4. The van der Waals surface area contributed by atoms with Gasteiger partial charge in [-0.05, 0) is 43.4 Å². The number of anilines is 1. The summed E-state index contributed by atoms with van der Waals surface area (Å²) in [6, 6.07) is 6.02. The molecule has 124 valence electrons. The SMILES string of the molecule is CCC[C@@H]1[C@@H](C)CCCN1C(=O)c1ccc2c(c1)NC(=O)CS2. The number of nitrogens with zero attached hydrogens (tertiary/aromatic N) is 1. The average molecular weight is 332 g/mol. The van der Waals surface area contributed by atoms with Crippen molar-refractivity contribution in [3.05, 3.63) is 23.8 Å². The lowest BCUT2D eigenvalue weighted by Crippen LogP contribution is -2.47. The molecule has 0 unspecified atom stereocenters. The van der Waals surface area contributed by atoms with E-state index in [1.807, 2.05) is 18.2 Å². The van der Waals surface area contributed by atoms with Crippen LogP contribution in [0.4, 0.5) is 5.69 Å². The van der Waals surface area contributed by atoms with Crippen molar-refractivity contribution < 1.29 is 9.59 Å². The molecule has 0 aromatic heterocycles. The van der Waals surface area contributed by atoms with Gasteiger partial charge in [0, 0.05) is 23.0 Å². The highest BCUT2D eigenvalue weighted by atomic mass is 32.2. The molecule has 1 aromatic carbocycles. The summed E-state index contributed by atoms with van der Waals surface area (Å²) in [5.41, 5.74) is 1.45. The number of thioether (sulfide) groups is 1. The zero-order valence-electron chi connectivity index (χ0n) is 13.8. The molecule has 2 amide bonds. The summed E-state index contributed by atoms with van der Waals surface area (Å²) in [7, 11) is 0. The van der Waals surface area contributed by atoms with E-state index in [1.54, 1.807) is 0 Å². The van der Waals surface area contributed by atoms with Crippen LogP contribution >= 0.6 is 11.8 Å². The molecule has 2 aliphatic heterocycles. The van der Waals surface area contributed by atoms with Crippen LogP contribution in [0.5, 0.6) is 0 Å². The Bertz CT molecular complexity index is 617. The molecule has 5 heteroatoms. The number of carbonyl (C=O) groups is 2. The first-order valence-corrected chi connectivity index (χ1v) is 9.46. The van der Waals surface area contributed by atoms with E-state index < -0.39 is 0 Å². The highest BCUT2D eigenvalue weighted by molar-refractivity contribution is 8.00. The van der Waals surface area contributed by atoms with Gasteiger partial charge in [0.25, 0.3) is 5.91 Å². The summed E-state index contributed by atoms with van der Waals surface area (Å²) < 4.78 is 0. The zero-order valence-corrected chi connectivity index (χ0v) is 14.6. The molecular weight excluding hydrogens is 308 g/mol. The van der Waals surface area contributed by atoms with Gasteiger partial charge >= 0.3 is 0 Å². The Morgan fingerprint density at radius 2 is 2.26 bits per heavy atom. The van der Waals surface area contributed by atoms with Crippen molar-refractivity contribution in [2.24, 2.45) is 5.92 Å². The van der Waals surface area contributed by atoms with Gasteiger partial charge in [-0.3, -0.25) is 9.59 Å². The van der Waals surface area contributed by atoms with Crippen LogP contribution in [0.3, 0.4) is 0 Å². The molecule has 2 atom stereocenters. The van der Waals surface area contributed by atoms with E-state index >= 15 is 0 Å². The van der Waals surface area contributed by atoms with Gasteiger partial charge in [0.05, 0.1) is 11.4 Å². The van der Waals surface area contributed by atoms with Gasteiger partial charge in [0.1, 0.15) is 0 Å². The quantitative estimate of drug-likeness (QED) is 0.916. The van der Waals surface area contributed by atoms with Crippen molar-refractivity contribution in [3.8, 4) is 0 Å². The number of hydrogen-bond acceptors (Lipinski definition) is 3.